The van der Waals surface area contributed by atoms with E-state index in [0.717, 1.165) is 34.8 Å². The van der Waals surface area contributed by atoms with Gasteiger partial charge in [0.2, 0.25) is 0 Å². The molecule has 2 aromatic carbocycles. The molecule has 5 N–H and O–H groups in total. The van der Waals surface area contributed by atoms with Crippen LogP contribution in [0.4, 0.5) is 16.2 Å². The average Bonchev–Trinajstić information content (AvgIpc) is 3.39. The number of amides is 2. The molecule has 2 unspecified atom stereocenters. The van der Waals surface area contributed by atoms with Crippen molar-refractivity contribution >= 4 is 17.4 Å². The van der Waals surface area contributed by atoms with Gasteiger partial charge < -0.3 is 26.0 Å². The number of carbonyl (C=O) groups is 1. The Morgan fingerprint density at radius 3 is 2.71 bits per heavy atom. The van der Waals surface area contributed by atoms with Crippen LogP contribution >= 0.6 is 0 Å². The number of rotatable bonds is 8. The topological polar surface area (TPSA) is 121 Å². The Labute approximate surface area is 199 Å². The normalized spacial score (nSPS) is 19.2. The number of aromatic nitrogens is 3. The quantitative estimate of drug-likeness (QED) is 0.404. The van der Waals surface area contributed by atoms with Crippen molar-refractivity contribution in [3.8, 4) is 5.75 Å². The van der Waals surface area contributed by atoms with Crippen LogP contribution < -0.4 is 26.0 Å². The number of benzene rings is 2. The third kappa shape index (κ3) is 4.84. The van der Waals surface area contributed by atoms with E-state index in [1.54, 1.807) is 0 Å². The van der Waals surface area contributed by atoms with Crippen molar-refractivity contribution in [2.75, 3.05) is 16.8 Å². The molecular formula is C25H31N7O2. The van der Waals surface area contributed by atoms with Gasteiger partial charge in [0.15, 0.2) is 5.82 Å². The van der Waals surface area contributed by atoms with Crippen LogP contribution in [0, 0.1) is 5.92 Å². The lowest BCUT2D eigenvalue weighted by Crippen LogP contribution is -2.34. The number of aromatic amines is 1. The first-order chi connectivity index (χ1) is 16.5. The second-order valence-corrected chi connectivity index (χ2v) is 9.38. The molecule has 5 rings (SSSR count). The Kier molecular flexibility index (Phi) is 6.10. The predicted octanol–water partition coefficient (Wildman–Crippen LogP) is 3.88. The zero-order chi connectivity index (χ0) is 23.7. The summed E-state index contributed by atoms with van der Waals surface area (Å²) in [5.74, 6) is 2.15. The fourth-order valence-corrected chi connectivity index (χ4v) is 4.48. The summed E-state index contributed by atoms with van der Waals surface area (Å²) in [6.07, 6.45) is 3.98. The molecule has 1 fully saturated rings. The number of ether oxygens (including phenoxy) is 1. The van der Waals surface area contributed by atoms with Crippen LogP contribution in [0.25, 0.3) is 0 Å². The summed E-state index contributed by atoms with van der Waals surface area (Å²) >= 11 is 0. The fourth-order valence-electron chi connectivity index (χ4n) is 4.48. The van der Waals surface area contributed by atoms with Crippen LogP contribution in [-0.2, 0) is 6.61 Å². The van der Waals surface area contributed by atoms with Crippen LogP contribution in [0.3, 0.4) is 0 Å². The van der Waals surface area contributed by atoms with Gasteiger partial charge >= 0.3 is 6.03 Å². The van der Waals surface area contributed by atoms with Crippen molar-refractivity contribution in [3.05, 3.63) is 65.7 Å². The van der Waals surface area contributed by atoms with Gasteiger partial charge in [-0.15, -0.1) is 0 Å². The molecule has 178 valence electrons. The minimum atomic E-state index is -0.207. The molecule has 9 nitrogen and oxygen atoms in total. The molecule has 0 saturated heterocycles. The Balaban J connectivity index is 1.36. The van der Waals surface area contributed by atoms with Gasteiger partial charge in [0.25, 0.3) is 0 Å². The summed E-state index contributed by atoms with van der Waals surface area (Å²) in [7, 11) is 0. The molecule has 0 spiro atoms. The molecule has 1 aliphatic heterocycles. The van der Waals surface area contributed by atoms with Gasteiger partial charge in [0, 0.05) is 30.0 Å². The highest BCUT2D eigenvalue weighted by Crippen LogP contribution is 2.49. The van der Waals surface area contributed by atoms with Gasteiger partial charge in [-0.05, 0) is 61.9 Å². The zero-order valence-electron chi connectivity index (χ0n) is 19.5. The van der Waals surface area contributed by atoms with E-state index in [-0.39, 0.29) is 24.2 Å². The predicted molar refractivity (Wildman–Crippen MR) is 131 cm³/mol. The van der Waals surface area contributed by atoms with Gasteiger partial charge in [-0.2, -0.15) is 5.10 Å². The number of nitrogens with zero attached hydrogens (tertiary/aromatic N) is 3. The molecule has 1 saturated carbocycles. The van der Waals surface area contributed by atoms with Gasteiger partial charge in [-0.1, -0.05) is 18.2 Å². The van der Waals surface area contributed by atoms with Gasteiger partial charge in [0.1, 0.15) is 18.7 Å². The number of H-pyrrole nitrogens is 1. The number of fused-ring (bicyclic) bond motifs is 1. The standard InChI is InChI=1S/C25H31N7O2/c1-15(2)29-25(33)30-18-7-5-17(6-8-18)24-23(26)20-10-9-19(34-13-22-27-14-28-31-22)11-21(20)32(24)12-16-3-4-16/h5-11,14-16,23-24H,3-4,12-13,26H2,1-2H3,(H,27,28,31)(H2,29,30,33). The highest BCUT2D eigenvalue weighted by Gasteiger charge is 2.40. The highest BCUT2D eigenvalue weighted by atomic mass is 16.5. The number of hydrogen-bond acceptors (Lipinski definition) is 6. The van der Waals surface area contributed by atoms with Crippen molar-refractivity contribution in [2.45, 2.75) is 51.4 Å². The average molecular weight is 462 g/mol. The number of nitrogens with one attached hydrogen (secondary N) is 3. The van der Waals surface area contributed by atoms with Gasteiger partial charge in [0.05, 0.1) is 12.1 Å². The van der Waals surface area contributed by atoms with Crippen LogP contribution in [0.2, 0.25) is 0 Å². The lowest BCUT2D eigenvalue weighted by atomic mass is 9.97. The minimum absolute atomic E-state index is 0.0265. The molecule has 9 heteroatoms. The smallest absolute Gasteiger partial charge is 0.319 e. The molecule has 0 bridgehead atoms. The second-order valence-electron chi connectivity index (χ2n) is 9.38. The number of nitrogens with two attached hydrogens (primary N) is 1. The van der Waals surface area contributed by atoms with E-state index in [9.17, 15) is 4.79 Å². The Morgan fingerprint density at radius 2 is 2.03 bits per heavy atom. The molecule has 34 heavy (non-hydrogen) atoms. The summed E-state index contributed by atoms with van der Waals surface area (Å²) in [5, 5.41) is 12.4. The molecule has 2 atom stereocenters. The maximum atomic E-state index is 12.0. The van der Waals surface area contributed by atoms with Crippen LogP contribution in [0.5, 0.6) is 5.75 Å². The summed E-state index contributed by atoms with van der Waals surface area (Å²) in [6.45, 7) is 5.16. The fraction of sp³-hybridized carbons (Fsp3) is 0.400. The van der Waals surface area contributed by atoms with Crippen LogP contribution in [-0.4, -0.2) is 33.8 Å². The Morgan fingerprint density at radius 1 is 1.24 bits per heavy atom. The molecule has 2 aliphatic rings. The number of anilines is 2. The summed E-state index contributed by atoms with van der Waals surface area (Å²) in [5.41, 5.74) is 10.9. The third-order valence-electron chi connectivity index (χ3n) is 6.27. The third-order valence-corrected chi connectivity index (χ3v) is 6.27. The first-order valence-electron chi connectivity index (χ1n) is 11.8. The summed E-state index contributed by atoms with van der Waals surface area (Å²) < 4.78 is 5.95. The molecule has 1 aliphatic carbocycles. The van der Waals surface area contributed by atoms with Crippen molar-refractivity contribution in [1.82, 2.24) is 20.5 Å². The first-order valence-corrected chi connectivity index (χ1v) is 11.8. The highest BCUT2D eigenvalue weighted by molar-refractivity contribution is 5.89. The van der Waals surface area contributed by atoms with Crippen molar-refractivity contribution in [3.63, 3.8) is 0 Å². The van der Waals surface area contributed by atoms with Crippen molar-refractivity contribution < 1.29 is 9.53 Å². The maximum absolute atomic E-state index is 12.0. The Bertz CT molecular complexity index is 1130. The molecule has 2 amide bonds. The number of hydrogen-bond donors (Lipinski definition) is 4. The summed E-state index contributed by atoms with van der Waals surface area (Å²) in [6, 6.07) is 13.9. The van der Waals surface area contributed by atoms with Crippen molar-refractivity contribution in [2.24, 2.45) is 11.7 Å². The molecular weight excluding hydrogens is 430 g/mol. The van der Waals surface area contributed by atoms with Crippen LogP contribution in [0.15, 0.2) is 48.8 Å². The van der Waals surface area contributed by atoms with E-state index in [4.69, 9.17) is 10.5 Å². The minimum Gasteiger partial charge on any atom is -0.486 e. The molecule has 1 aromatic heterocycles. The van der Waals surface area contributed by atoms with E-state index in [1.165, 1.54) is 19.2 Å². The van der Waals surface area contributed by atoms with E-state index in [1.807, 2.05) is 32.0 Å². The van der Waals surface area contributed by atoms with E-state index in [2.05, 4.69) is 55.0 Å². The van der Waals surface area contributed by atoms with E-state index >= 15 is 0 Å². The van der Waals surface area contributed by atoms with Gasteiger partial charge in [-0.25, -0.2) is 9.78 Å². The van der Waals surface area contributed by atoms with E-state index < -0.39 is 0 Å². The first kappa shape index (κ1) is 22.2. The largest absolute Gasteiger partial charge is 0.486 e. The maximum Gasteiger partial charge on any atom is 0.319 e. The number of carbonyl (C=O) groups excluding carboxylic acids is 1. The van der Waals surface area contributed by atoms with E-state index in [0.29, 0.717) is 18.3 Å². The molecule has 0 radical (unpaired) electrons. The second kappa shape index (κ2) is 9.34. The van der Waals surface area contributed by atoms with Crippen LogP contribution in [0.1, 0.15) is 55.7 Å². The monoisotopic (exact) mass is 461 g/mol. The Hall–Kier alpha value is -3.59. The lowest BCUT2D eigenvalue weighted by molar-refractivity contribution is 0.250. The SMILES string of the molecule is CC(C)NC(=O)Nc1ccc(C2C(N)c3ccc(OCc4ncn[nH]4)cc3N2CC2CC2)cc1. The zero-order valence-corrected chi connectivity index (χ0v) is 19.5. The molecule has 2 heterocycles. The number of urea groups is 1. The lowest BCUT2D eigenvalue weighted by Gasteiger charge is -2.30. The molecule has 3 aromatic rings. The van der Waals surface area contributed by atoms with Gasteiger partial charge in [-0.3, -0.25) is 5.10 Å². The summed E-state index contributed by atoms with van der Waals surface area (Å²) in [4.78, 5) is 18.6. The van der Waals surface area contributed by atoms with Crippen molar-refractivity contribution in [1.29, 1.82) is 0 Å².